The van der Waals surface area contributed by atoms with Gasteiger partial charge in [0, 0.05) is 0 Å². The molecule has 0 rings (SSSR count). The lowest BCUT2D eigenvalue weighted by Crippen LogP contribution is -2.10. The minimum atomic E-state index is -0.881. The quantitative estimate of drug-likeness (QED) is 0.542. The molecular weight excluding hydrogens is 152 g/mol. The largest absolute Gasteiger partial charge is 0.358 e. The highest BCUT2D eigenvalue weighted by Gasteiger charge is 2.15. The van der Waals surface area contributed by atoms with Crippen LogP contribution in [0, 0.1) is 5.92 Å². The van der Waals surface area contributed by atoms with Crippen LogP contribution in [0.4, 0.5) is 0 Å². The third-order valence-electron chi connectivity index (χ3n) is 2.23. The molecule has 0 saturated heterocycles. The number of hydrogen-bond donors (Lipinski definition) is 0. The van der Waals surface area contributed by atoms with E-state index in [0.29, 0.717) is 6.42 Å². The monoisotopic (exact) mass is 171 g/mol. The van der Waals surface area contributed by atoms with E-state index in [9.17, 15) is 9.90 Å². The molecule has 1 radical (unpaired) electrons. The van der Waals surface area contributed by atoms with Crippen LogP contribution in [-0.2, 0) is 9.90 Å². The van der Waals surface area contributed by atoms with Gasteiger partial charge in [0.15, 0.2) is 0 Å². The lowest BCUT2D eigenvalue weighted by atomic mass is 9.99. The summed E-state index contributed by atoms with van der Waals surface area (Å²) < 4.78 is 0. The van der Waals surface area contributed by atoms with Gasteiger partial charge in [0.25, 0.3) is 0 Å². The van der Waals surface area contributed by atoms with E-state index in [1.165, 1.54) is 12.8 Å². The van der Waals surface area contributed by atoms with Gasteiger partial charge < -0.3 is 0 Å². The summed E-state index contributed by atoms with van der Waals surface area (Å²) >= 11 is 0. The van der Waals surface area contributed by atoms with Crippen LogP contribution in [0.5, 0.6) is 0 Å². The molecule has 1 unspecified atom stereocenters. The Morgan fingerprint density at radius 3 is 2.25 bits per heavy atom. The second kappa shape index (κ2) is 7.14. The summed E-state index contributed by atoms with van der Waals surface area (Å²) in [6.45, 7) is 4.05. The molecule has 0 spiro atoms. The van der Waals surface area contributed by atoms with Crippen molar-refractivity contribution in [3.63, 3.8) is 0 Å². The number of hydrogen-bond acceptors (Lipinski definition) is 1. The summed E-state index contributed by atoms with van der Waals surface area (Å²) in [5.74, 6) is -1.10. The van der Waals surface area contributed by atoms with E-state index in [1.54, 1.807) is 0 Å². The van der Waals surface area contributed by atoms with Crippen LogP contribution >= 0.6 is 0 Å². The van der Waals surface area contributed by atoms with Gasteiger partial charge in [0.05, 0.1) is 5.92 Å². The maximum atomic E-state index is 10.5. The van der Waals surface area contributed by atoms with Crippen molar-refractivity contribution in [3.05, 3.63) is 0 Å². The van der Waals surface area contributed by atoms with Crippen molar-refractivity contribution >= 4 is 5.97 Å². The second-order valence-corrected chi connectivity index (χ2v) is 3.27. The summed E-state index contributed by atoms with van der Waals surface area (Å²) in [5, 5.41) is 10.5. The smallest absolute Gasteiger partial charge is 0.247 e. The normalized spacial score (nSPS) is 12.8. The lowest BCUT2D eigenvalue weighted by Gasteiger charge is -2.06. The predicted octanol–water partition coefficient (Wildman–Crippen LogP) is 2.94. The Kier molecular flexibility index (Phi) is 6.82. The molecule has 0 fully saturated rings. The first-order valence-electron chi connectivity index (χ1n) is 4.93. The van der Waals surface area contributed by atoms with Gasteiger partial charge in [-0.05, 0) is 12.8 Å². The molecule has 71 valence electrons. The summed E-state index contributed by atoms with van der Waals surface area (Å²) in [6.07, 6.45) is 6.08. The Morgan fingerprint density at radius 2 is 1.83 bits per heavy atom. The molecule has 0 aromatic heterocycles. The van der Waals surface area contributed by atoms with E-state index in [0.717, 1.165) is 19.3 Å². The zero-order valence-corrected chi connectivity index (χ0v) is 8.14. The topological polar surface area (TPSA) is 37.0 Å². The fourth-order valence-electron chi connectivity index (χ4n) is 1.31. The molecule has 0 aliphatic heterocycles. The molecule has 2 heteroatoms. The van der Waals surface area contributed by atoms with Crippen molar-refractivity contribution in [2.45, 2.75) is 52.4 Å². The van der Waals surface area contributed by atoms with Gasteiger partial charge in [-0.3, -0.25) is 0 Å². The molecule has 0 heterocycles. The lowest BCUT2D eigenvalue weighted by molar-refractivity contribution is -0.148. The molecule has 0 saturated carbocycles. The summed E-state index contributed by atoms with van der Waals surface area (Å²) in [5.41, 5.74) is 0. The van der Waals surface area contributed by atoms with Crippen LogP contribution < -0.4 is 0 Å². The fraction of sp³-hybridized carbons (Fsp3) is 0.900. The van der Waals surface area contributed by atoms with E-state index in [-0.39, 0.29) is 5.92 Å². The summed E-state index contributed by atoms with van der Waals surface area (Å²) in [6, 6.07) is 0. The van der Waals surface area contributed by atoms with E-state index in [1.807, 2.05) is 6.92 Å². The molecule has 0 aromatic carbocycles. The first-order chi connectivity index (χ1) is 5.72. The van der Waals surface area contributed by atoms with Crippen molar-refractivity contribution in [1.29, 1.82) is 0 Å². The van der Waals surface area contributed by atoms with Gasteiger partial charge in [-0.25, -0.2) is 9.90 Å². The Bertz CT molecular complexity index is 121. The van der Waals surface area contributed by atoms with Crippen molar-refractivity contribution in [2.75, 3.05) is 0 Å². The first-order valence-corrected chi connectivity index (χ1v) is 4.93. The van der Waals surface area contributed by atoms with Crippen LogP contribution in [-0.4, -0.2) is 5.97 Å². The number of rotatable bonds is 7. The Morgan fingerprint density at radius 1 is 1.17 bits per heavy atom. The Balaban J connectivity index is 3.38. The molecule has 0 aliphatic rings. The molecule has 2 nitrogen and oxygen atoms in total. The molecule has 0 aromatic rings. The average molecular weight is 171 g/mol. The van der Waals surface area contributed by atoms with Gasteiger partial charge in [0.2, 0.25) is 0 Å². The zero-order valence-electron chi connectivity index (χ0n) is 8.14. The maximum Gasteiger partial charge on any atom is 0.358 e. The highest BCUT2D eigenvalue weighted by molar-refractivity contribution is 5.69. The van der Waals surface area contributed by atoms with Crippen molar-refractivity contribution in [3.8, 4) is 0 Å². The third kappa shape index (κ3) is 5.16. The average Bonchev–Trinajstić information content (AvgIpc) is 2.04. The van der Waals surface area contributed by atoms with Gasteiger partial charge in [-0.1, -0.05) is 39.5 Å². The highest BCUT2D eigenvalue weighted by Crippen LogP contribution is 2.14. The van der Waals surface area contributed by atoms with Crippen molar-refractivity contribution in [1.82, 2.24) is 0 Å². The summed E-state index contributed by atoms with van der Waals surface area (Å²) in [4.78, 5) is 10.5. The minimum Gasteiger partial charge on any atom is -0.247 e. The zero-order chi connectivity index (χ0) is 9.40. The fourth-order valence-corrected chi connectivity index (χ4v) is 1.31. The van der Waals surface area contributed by atoms with E-state index in [4.69, 9.17) is 0 Å². The SMILES string of the molecule is CCCCCCC(CC)C([O])=O. The highest BCUT2D eigenvalue weighted by atomic mass is 16.4. The van der Waals surface area contributed by atoms with E-state index >= 15 is 0 Å². The number of unbranched alkanes of at least 4 members (excludes halogenated alkanes) is 3. The number of carbonyl (C=O) groups is 1. The van der Waals surface area contributed by atoms with Crippen LogP contribution in [0.2, 0.25) is 0 Å². The predicted molar refractivity (Wildman–Crippen MR) is 48.2 cm³/mol. The number of carbonyl (C=O) groups excluding carboxylic acids is 1. The van der Waals surface area contributed by atoms with Gasteiger partial charge in [0.1, 0.15) is 0 Å². The minimum absolute atomic E-state index is 0.221. The van der Waals surface area contributed by atoms with Crippen LogP contribution in [0.25, 0.3) is 0 Å². The van der Waals surface area contributed by atoms with Crippen LogP contribution in [0.3, 0.4) is 0 Å². The van der Waals surface area contributed by atoms with E-state index < -0.39 is 5.97 Å². The van der Waals surface area contributed by atoms with Crippen molar-refractivity contribution in [2.24, 2.45) is 5.92 Å². The Labute approximate surface area is 75.0 Å². The second-order valence-electron chi connectivity index (χ2n) is 3.27. The first kappa shape index (κ1) is 11.5. The summed E-state index contributed by atoms with van der Waals surface area (Å²) in [7, 11) is 0. The van der Waals surface area contributed by atoms with Crippen molar-refractivity contribution < 1.29 is 9.90 Å². The molecule has 0 amide bonds. The molecule has 0 aliphatic carbocycles. The van der Waals surface area contributed by atoms with Gasteiger partial charge in [-0.2, -0.15) is 0 Å². The Hall–Kier alpha value is -0.530. The molecule has 0 N–H and O–H groups in total. The van der Waals surface area contributed by atoms with Crippen LogP contribution in [0.15, 0.2) is 0 Å². The third-order valence-corrected chi connectivity index (χ3v) is 2.23. The molecule has 0 bridgehead atoms. The van der Waals surface area contributed by atoms with Crippen LogP contribution in [0.1, 0.15) is 52.4 Å². The van der Waals surface area contributed by atoms with Gasteiger partial charge in [-0.15, -0.1) is 0 Å². The molecular formula is C10H19O2. The standard InChI is InChI=1S/C10H19O2/c1-3-5-6-7-8-9(4-2)10(11)12/h9H,3-8H2,1-2H3. The van der Waals surface area contributed by atoms with E-state index in [2.05, 4.69) is 6.92 Å². The van der Waals surface area contributed by atoms with Gasteiger partial charge >= 0.3 is 5.97 Å². The molecule has 12 heavy (non-hydrogen) atoms. The maximum absolute atomic E-state index is 10.5. The molecule has 1 atom stereocenters.